The largest absolute Gasteiger partial charge is 0.508 e. The second kappa shape index (κ2) is 5.56. The SMILES string of the molecule is CNC1(Cc2ccc(NC(=O)OC(C)(C)C)cc2O)CC1. The minimum absolute atomic E-state index is 0.136. The Balaban J connectivity index is 2.00. The molecule has 1 aromatic rings. The van der Waals surface area contributed by atoms with Crippen LogP contribution in [0.5, 0.6) is 5.75 Å². The van der Waals surface area contributed by atoms with E-state index in [1.165, 1.54) is 0 Å². The van der Waals surface area contributed by atoms with Crippen LogP contribution in [-0.2, 0) is 11.2 Å². The topological polar surface area (TPSA) is 70.6 Å². The average Bonchev–Trinajstić information content (AvgIpc) is 3.11. The molecule has 3 N–H and O–H groups in total. The van der Waals surface area contributed by atoms with Gasteiger partial charge in [0.25, 0.3) is 0 Å². The number of anilines is 1. The lowest BCUT2D eigenvalue weighted by Crippen LogP contribution is -2.29. The number of nitrogens with one attached hydrogen (secondary N) is 2. The molecule has 21 heavy (non-hydrogen) atoms. The minimum atomic E-state index is -0.544. The van der Waals surface area contributed by atoms with Crippen molar-refractivity contribution in [2.75, 3.05) is 12.4 Å². The Bertz CT molecular complexity index is 531. The second-order valence-electron chi connectivity index (χ2n) is 6.68. The lowest BCUT2D eigenvalue weighted by Gasteiger charge is -2.20. The molecule has 0 aromatic heterocycles. The number of ether oxygens (including phenoxy) is 1. The zero-order valence-corrected chi connectivity index (χ0v) is 13.1. The van der Waals surface area contributed by atoms with Crippen LogP contribution in [0.3, 0.4) is 0 Å². The van der Waals surface area contributed by atoms with Gasteiger partial charge in [-0.3, -0.25) is 5.32 Å². The lowest BCUT2D eigenvalue weighted by atomic mass is 10.0. The third-order valence-electron chi connectivity index (χ3n) is 3.64. The number of aromatic hydroxyl groups is 1. The standard InChI is InChI=1S/C16H24N2O3/c1-15(2,3)21-14(20)18-12-6-5-11(13(19)9-12)10-16(17-4)7-8-16/h5-6,9,17,19H,7-8,10H2,1-4H3,(H,18,20). The van der Waals surface area contributed by atoms with Crippen LogP contribution in [0.1, 0.15) is 39.2 Å². The molecule has 116 valence electrons. The molecule has 0 saturated heterocycles. The third-order valence-corrected chi connectivity index (χ3v) is 3.64. The average molecular weight is 292 g/mol. The molecular formula is C16H24N2O3. The van der Waals surface area contributed by atoms with E-state index in [0.29, 0.717) is 5.69 Å². The van der Waals surface area contributed by atoms with E-state index >= 15 is 0 Å². The first kappa shape index (κ1) is 15.6. The van der Waals surface area contributed by atoms with Gasteiger partial charge in [0.1, 0.15) is 11.4 Å². The molecule has 1 aromatic carbocycles. The molecule has 2 rings (SSSR count). The molecule has 0 atom stereocenters. The first-order valence-corrected chi connectivity index (χ1v) is 7.24. The number of benzene rings is 1. The van der Waals surface area contributed by atoms with Crippen molar-refractivity contribution >= 4 is 11.8 Å². The van der Waals surface area contributed by atoms with Gasteiger partial charge in [0, 0.05) is 17.3 Å². The zero-order valence-electron chi connectivity index (χ0n) is 13.1. The Morgan fingerprint density at radius 1 is 1.38 bits per heavy atom. The van der Waals surface area contributed by atoms with Crippen molar-refractivity contribution in [2.24, 2.45) is 0 Å². The fraction of sp³-hybridized carbons (Fsp3) is 0.562. The number of rotatable bonds is 4. The maximum Gasteiger partial charge on any atom is 0.412 e. The molecule has 1 aliphatic carbocycles. The Morgan fingerprint density at radius 2 is 2.05 bits per heavy atom. The highest BCUT2D eigenvalue weighted by Crippen LogP contribution is 2.40. The van der Waals surface area contributed by atoms with E-state index in [0.717, 1.165) is 24.8 Å². The van der Waals surface area contributed by atoms with Crippen LogP contribution in [0, 0.1) is 0 Å². The molecule has 1 aliphatic rings. The van der Waals surface area contributed by atoms with Crippen molar-refractivity contribution < 1.29 is 14.6 Å². The van der Waals surface area contributed by atoms with Gasteiger partial charge in [0.15, 0.2) is 0 Å². The van der Waals surface area contributed by atoms with Crippen molar-refractivity contribution in [1.29, 1.82) is 0 Å². The summed E-state index contributed by atoms with van der Waals surface area (Å²) < 4.78 is 5.18. The van der Waals surface area contributed by atoms with Gasteiger partial charge >= 0.3 is 6.09 Å². The molecule has 0 radical (unpaired) electrons. The van der Waals surface area contributed by atoms with E-state index in [1.807, 2.05) is 13.1 Å². The molecule has 1 saturated carbocycles. The fourth-order valence-corrected chi connectivity index (χ4v) is 2.24. The smallest absolute Gasteiger partial charge is 0.412 e. The van der Waals surface area contributed by atoms with Crippen LogP contribution in [0.15, 0.2) is 18.2 Å². The zero-order chi connectivity index (χ0) is 15.7. The van der Waals surface area contributed by atoms with Crippen LogP contribution in [0.25, 0.3) is 0 Å². The van der Waals surface area contributed by atoms with E-state index in [4.69, 9.17) is 4.74 Å². The molecule has 5 heteroatoms. The van der Waals surface area contributed by atoms with Gasteiger partial charge in [0.05, 0.1) is 0 Å². The number of likely N-dealkylation sites (N-methyl/N-ethyl adjacent to an activating group) is 1. The third kappa shape index (κ3) is 4.36. The highest BCUT2D eigenvalue weighted by molar-refractivity contribution is 5.85. The van der Waals surface area contributed by atoms with Gasteiger partial charge in [0.2, 0.25) is 0 Å². The first-order valence-electron chi connectivity index (χ1n) is 7.24. The van der Waals surface area contributed by atoms with Gasteiger partial charge in [-0.15, -0.1) is 0 Å². The Morgan fingerprint density at radius 3 is 2.52 bits per heavy atom. The summed E-state index contributed by atoms with van der Waals surface area (Å²) in [6.07, 6.45) is 2.52. The Labute approximate surface area is 125 Å². The van der Waals surface area contributed by atoms with Crippen LogP contribution >= 0.6 is 0 Å². The number of carbonyl (C=O) groups excluding carboxylic acids is 1. The monoisotopic (exact) mass is 292 g/mol. The molecular weight excluding hydrogens is 268 g/mol. The summed E-state index contributed by atoms with van der Waals surface area (Å²) in [4.78, 5) is 11.7. The Hall–Kier alpha value is -1.75. The lowest BCUT2D eigenvalue weighted by molar-refractivity contribution is 0.0636. The highest BCUT2D eigenvalue weighted by Gasteiger charge is 2.41. The van der Waals surface area contributed by atoms with Crippen molar-refractivity contribution in [3.8, 4) is 5.75 Å². The van der Waals surface area contributed by atoms with Gasteiger partial charge < -0.3 is 15.2 Å². The predicted molar refractivity (Wildman–Crippen MR) is 82.7 cm³/mol. The van der Waals surface area contributed by atoms with E-state index in [9.17, 15) is 9.90 Å². The summed E-state index contributed by atoms with van der Waals surface area (Å²) in [5.41, 5.74) is 1.01. The molecule has 0 unspecified atom stereocenters. The van der Waals surface area contributed by atoms with Crippen LogP contribution < -0.4 is 10.6 Å². The summed E-state index contributed by atoms with van der Waals surface area (Å²) >= 11 is 0. The predicted octanol–water partition coefficient (Wildman–Crippen LogP) is 3.03. The summed E-state index contributed by atoms with van der Waals surface area (Å²) in [7, 11) is 1.95. The first-order chi connectivity index (χ1) is 9.73. The Kier molecular flexibility index (Phi) is 4.14. The molecule has 0 spiro atoms. The fourth-order valence-electron chi connectivity index (χ4n) is 2.24. The molecule has 5 nitrogen and oxygen atoms in total. The summed E-state index contributed by atoms with van der Waals surface area (Å²) in [5, 5.41) is 16.0. The van der Waals surface area contributed by atoms with E-state index < -0.39 is 11.7 Å². The van der Waals surface area contributed by atoms with Gasteiger partial charge in [-0.25, -0.2) is 4.79 Å². The number of hydrogen-bond acceptors (Lipinski definition) is 4. The van der Waals surface area contributed by atoms with E-state index in [1.54, 1.807) is 32.9 Å². The van der Waals surface area contributed by atoms with Crippen molar-refractivity contribution in [1.82, 2.24) is 5.32 Å². The number of amides is 1. The van der Waals surface area contributed by atoms with Crippen LogP contribution in [-0.4, -0.2) is 29.4 Å². The van der Waals surface area contributed by atoms with Crippen molar-refractivity contribution in [3.05, 3.63) is 23.8 Å². The summed E-state index contributed by atoms with van der Waals surface area (Å²) in [6, 6.07) is 5.19. The maximum atomic E-state index is 11.7. The molecule has 0 aliphatic heterocycles. The summed E-state index contributed by atoms with van der Waals surface area (Å²) in [5.74, 6) is 0.199. The van der Waals surface area contributed by atoms with E-state index in [2.05, 4.69) is 10.6 Å². The molecule has 1 amide bonds. The minimum Gasteiger partial charge on any atom is -0.508 e. The number of phenolic OH excluding ortho intramolecular Hbond substituents is 1. The van der Waals surface area contributed by atoms with Crippen LogP contribution in [0.2, 0.25) is 0 Å². The van der Waals surface area contributed by atoms with Crippen LogP contribution in [0.4, 0.5) is 10.5 Å². The number of phenols is 1. The summed E-state index contributed by atoms with van der Waals surface area (Å²) in [6.45, 7) is 5.42. The molecule has 0 bridgehead atoms. The number of carbonyl (C=O) groups is 1. The quantitative estimate of drug-likeness (QED) is 0.797. The maximum absolute atomic E-state index is 11.7. The molecule has 1 fully saturated rings. The van der Waals surface area contributed by atoms with Crippen molar-refractivity contribution in [2.45, 2.75) is 51.2 Å². The normalized spacial score (nSPS) is 16.4. The van der Waals surface area contributed by atoms with E-state index in [-0.39, 0.29) is 11.3 Å². The second-order valence-corrected chi connectivity index (χ2v) is 6.68. The van der Waals surface area contributed by atoms with Crippen molar-refractivity contribution in [3.63, 3.8) is 0 Å². The number of hydrogen-bond donors (Lipinski definition) is 3. The highest BCUT2D eigenvalue weighted by atomic mass is 16.6. The van der Waals surface area contributed by atoms with Gasteiger partial charge in [-0.2, -0.15) is 0 Å². The van der Waals surface area contributed by atoms with Gasteiger partial charge in [-0.05, 0) is 58.7 Å². The van der Waals surface area contributed by atoms with Gasteiger partial charge in [-0.1, -0.05) is 6.07 Å². The molecule has 0 heterocycles.